The van der Waals surface area contributed by atoms with Crippen molar-refractivity contribution in [2.45, 2.75) is 56.3 Å². The zero-order valence-electron chi connectivity index (χ0n) is 14.8. The highest BCUT2D eigenvalue weighted by atomic mass is 35.5. The Bertz CT molecular complexity index is 892. The highest BCUT2D eigenvalue weighted by molar-refractivity contribution is 7.90. The summed E-state index contributed by atoms with van der Waals surface area (Å²) in [6, 6.07) is 4.37. The Morgan fingerprint density at radius 2 is 2.00 bits per heavy atom. The van der Waals surface area contributed by atoms with E-state index >= 15 is 0 Å². The van der Waals surface area contributed by atoms with Crippen LogP contribution in [-0.4, -0.2) is 30.7 Å². The van der Waals surface area contributed by atoms with Crippen LogP contribution in [0, 0.1) is 12.7 Å². The van der Waals surface area contributed by atoms with Crippen LogP contribution in [0.3, 0.4) is 0 Å². The highest BCUT2D eigenvalue weighted by Gasteiger charge is 2.27. The molecule has 142 valence electrons. The lowest BCUT2D eigenvalue weighted by atomic mass is 9.97. The molecule has 0 spiro atoms. The summed E-state index contributed by atoms with van der Waals surface area (Å²) >= 11 is 5.94. The summed E-state index contributed by atoms with van der Waals surface area (Å²) in [4.78, 5) is 7.29. The van der Waals surface area contributed by atoms with Crippen molar-refractivity contribution in [2.24, 2.45) is 0 Å². The fraction of sp³-hybridized carbons (Fsp3) is 0.500. The summed E-state index contributed by atoms with van der Waals surface area (Å²) in [6.45, 7) is 1.65. The number of aromatic nitrogens is 2. The molecule has 8 heteroatoms. The van der Waals surface area contributed by atoms with Gasteiger partial charge in [0, 0.05) is 6.26 Å². The number of aromatic amines is 1. The van der Waals surface area contributed by atoms with E-state index in [0.29, 0.717) is 17.1 Å². The summed E-state index contributed by atoms with van der Waals surface area (Å²) in [5, 5.41) is -0.00990. The standard InChI is InChI=1S/C18H22ClFN2O3S/c1-11-18(26(2,23)24)22-17(21-11)16(25-13-6-4-3-5-7-13)12-8-9-15(20)14(19)10-12/h8-10,13,16H,3-7H2,1-2H3,(H,21,22)/t16-/m0/s1. The van der Waals surface area contributed by atoms with Gasteiger partial charge in [0.2, 0.25) is 0 Å². The predicted molar refractivity (Wildman–Crippen MR) is 97.6 cm³/mol. The molecule has 3 rings (SSSR count). The quantitative estimate of drug-likeness (QED) is 0.809. The Kier molecular flexibility index (Phi) is 5.69. The van der Waals surface area contributed by atoms with E-state index in [1.807, 2.05) is 0 Å². The zero-order valence-corrected chi connectivity index (χ0v) is 16.3. The molecule has 0 radical (unpaired) electrons. The summed E-state index contributed by atoms with van der Waals surface area (Å²) in [5.74, 6) is -0.129. The van der Waals surface area contributed by atoms with Crippen LogP contribution in [-0.2, 0) is 14.6 Å². The highest BCUT2D eigenvalue weighted by Crippen LogP contribution is 2.33. The SMILES string of the molecule is Cc1[nH]c([C@@H](OC2CCCCC2)c2ccc(F)c(Cl)c2)nc1S(C)(=O)=O. The molecule has 0 unspecified atom stereocenters. The zero-order chi connectivity index (χ0) is 18.9. The number of ether oxygens (including phenoxy) is 1. The van der Waals surface area contributed by atoms with E-state index in [4.69, 9.17) is 16.3 Å². The first-order valence-corrected chi connectivity index (χ1v) is 10.9. The second kappa shape index (κ2) is 7.66. The number of aryl methyl sites for hydroxylation is 1. The van der Waals surface area contributed by atoms with Crippen LogP contribution in [0.5, 0.6) is 0 Å². The van der Waals surface area contributed by atoms with Crippen LogP contribution in [0.15, 0.2) is 23.2 Å². The molecule has 1 aliphatic carbocycles. The molecule has 0 aliphatic heterocycles. The smallest absolute Gasteiger partial charge is 0.194 e. The number of nitrogens with zero attached hydrogens (tertiary/aromatic N) is 1. The van der Waals surface area contributed by atoms with Crippen molar-refractivity contribution < 1.29 is 17.5 Å². The van der Waals surface area contributed by atoms with Gasteiger partial charge in [-0.25, -0.2) is 17.8 Å². The Morgan fingerprint density at radius 1 is 1.31 bits per heavy atom. The molecule has 1 atom stereocenters. The fourth-order valence-electron chi connectivity index (χ4n) is 3.32. The molecule has 1 saturated carbocycles. The van der Waals surface area contributed by atoms with E-state index in [1.54, 1.807) is 13.0 Å². The van der Waals surface area contributed by atoms with E-state index in [0.717, 1.165) is 31.9 Å². The number of rotatable bonds is 5. The maximum Gasteiger partial charge on any atom is 0.194 e. The summed E-state index contributed by atoms with van der Waals surface area (Å²) in [7, 11) is -3.46. The average molecular weight is 401 g/mol. The van der Waals surface area contributed by atoms with Crippen molar-refractivity contribution >= 4 is 21.4 Å². The van der Waals surface area contributed by atoms with E-state index < -0.39 is 21.8 Å². The minimum Gasteiger partial charge on any atom is -0.362 e. The van der Waals surface area contributed by atoms with E-state index in [9.17, 15) is 12.8 Å². The van der Waals surface area contributed by atoms with Crippen molar-refractivity contribution in [3.8, 4) is 0 Å². The number of sulfone groups is 1. The Labute approximate surface area is 157 Å². The second-order valence-corrected chi connectivity index (χ2v) is 9.11. The molecule has 0 amide bonds. The predicted octanol–water partition coefficient (Wildman–Crippen LogP) is 4.35. The van der Waals surface area contributed by atoms with Gasteiger partial charge in [0.25, 0.3) is 0 Å². The molecule has 1 N–H and O–H groups in total. The summed E-state index contributed by atoms with van der Waals surface area (Å²) in [6.07, 6.45) is 5.76. The van der Waals surface area contributed by atoms with Gasteiger partial charge in [0.1, 0.15) is 17.7 Å². The number of benzene rings is 1. The second-order valence-electron chi connectivity index (χ2n) is 6.77. The van der Waals surface area contributed by atoms with E-state index in [-0.39, 0.29) is 16.2 Å². The van der Waals surface area contributed by atoms with Gasteiger partial charge in [0.15, 0.2) is 14.9 Å². The van der Waals surface area contributed by atoms with Crippen molar-refractivity contribution in [3.63, 3.8) is 0 Å². The van der Waals surface area contributed by atoms with Gasteiger partial charge in [-0.15, -0.1) is 0 Å². The van der Waals surface area contributed by atoms with Crippen LogP contribution in [0.2, 0.25) is 5.02 Å². The van der Waals surface area contributed by atoms with Crippen molar-refractivity contribution in [1.29, 1.82) is 0 Å². The van der Waals surface area contributed by atoms with Crippen molar-refractivity contribution in [2.75, 3.05) is 6.26 Å². The Morgan fingerprint density at radius 3 is 2.58 bits per heavy atom. The first-order valence-electron chi connectivity index (χ1n) is 8.62. The first kappa shape index (κ1) is 19.3. The molecule has 2 aromatic rings. The van der Waals surface area contributed by atoms with Crippen LogP contribution in [0.25, 0.3) is 0 Å². The van der Waals surface area contributed by atoms with Gasteiger partial charge < -0.3 is 9.72 Å². The average Bonchev–Trinajstić information content (AvgIpc) is 2.98. The third-order valence-electron chi connectivity index (χ3n) is 4.59. The molecule has 26 heavy (non-hydrogen) atoms. The lowest BCUT2D eigenvalue weighted by molar-refractivity contribution is -0.0155. The molecule has 1 aliphatic rings. The summed E-state index contributed by atoms with van der Waals surface area (Å²) < 4.78 is 43.7. The molecule has 1 heterocycles. The molecule has 1 fully saturated rings. The number of imidazole rings is 1. The third-order valence-corrected chi connectivity index (χ3v) is 5.97. The number of nitrogens with one attached hydrogen (secondary N) is 1. The summed E-state index contributed by atoms with van der Waals surface area (Å²) in [5.41, 5.74) is 1.09. The van der Waals surface area contributed by atoms with Crippen LogP contribution in [0.4, 0.5) is 4.39 Å². The van der Waals surface area contributed by atoms with Gasteiger partial charge in [-0.2, -0.15) is 0 Å². The lowest BCUT2D eigenvalue weighted by Crippen LogP contribution is -2.21. The molecular weight excluding hydrogens is 379 g/mol. The minimum absolute atomic E-state index is 0.00190. The molecular formula is C18H22ClFN2O3S. The van der Waals surface area contributed by atoms with Gasteiger partial charge in [-0.05, 0) is 37.5 Å². The number of H-pyrrole nitrogens is 1. The van der Waals surface area contributed by atoms with Gasteiger partial charge in [-0.3, -0.25) is 0 Å². The topological polar surface area (TPSA) is 72.0 Å². The maximum absolute atomic E-state index is 13.6. The Balaban J connectivity index is 2.00. The number of hydrogen-bond donors (Lipinski definition) is 1. The van der Waals surface area contributed by atoms with Crippen molar-refractivity contribution in [3.05, 3.63) is 46.1 Å². The van der Waals surface area contributed by atoms with Gasteiger partial charge >= 0.3 is 0 Å². The molecule has 0 bridgehead atoms. The third kappa shape index (κ3) is 4.27. The number of hydrogen-bond acceptors (Lipinski definition) is 4. The molecule has 1 aromatic carbocycles. The van der Waals surface area contributed by atoms with Crippen LogP contribution < -0.4 is 0 Å². The normalized spacial score (nSPS) is 17.4. The van der Waals surface area contributed by atoms with Crippen LogP contribution >= 0.6 is 11.6 Å². The number of halogens is 2. The first-order chi connectivity index (χ1) is 12.3. The monoisotopic (exact) mass is 400 g/mol. The molecule has 1 aromatic heterocycles. The van der Waals surface area contributed by atoms with E-state index in [1.165, 1.54) is 18.6 Å². The fourth-order valence-corrected chi connectivity index (χ4v) is 4.38. The van der Waals surface area contributed by atoms with Gasteiger partial charge in [0.05, 0.1) is 16.8 Å². The Hall–Kier alpha value is -1.44. The molecule has 5 nitrogen and oxygen atoms in total. The lowest BCUT2D eigenvalue weighted by Gasteiger charge is -2.27. The van der Waals surface area contributed by atoms with Crippen molar-refractivity contribution in [1.82, 2.24) is 9.97 Å². The van der Waals surface area contributed by atoms with Gasteiger partial charge in [-0.1, -0.05) is 36.9 Å². The minimum atomic E-state index is -3.46. The maximum atomic E-state index is 13.6. The molecule has 0 saturated heterocycles. The van der Waals surface area contributed by atoms with E-state index in [2.05, 4.69) is 9.97 Å². The largest absolute Gasteiger partial charge is 0.362 e. The van der Waals surface area contributed by atoms with Crippen LogP contribution in [0.1, 0.15) is 55.3 Å².